The number of thiazole rings is 1. The standard InChI is InChI=1S/C22H24N2O4S/c1-26-13-14-28-19-10-4-2-8-17(19)21(25)24(15-16-7-6-12-27-16)22-23-18-9-3-5-11-20(18)29-22/h2-5,8-11,16H,6-7,12-15H2,1H3. The Kier molecular flexibility index (Phi) is 6.39. The molecule has 1 fully saturated rings. The third-order valence-electron chi connectivity index (χ3n) is 4.83. The Labute approximate surface area is 174 Å². The fourth-order valence-electron chi connectivity index (χ4n) is 3.36. The van der Waals surface area contributed by atoms with E-state index in [0.717, 1.165) is 29.7 Å². The summed E-state index contributed by atoms with van der Waals surface area (Å²) in [5.41, 5.74) is 1.41. The minimum atomic E-state index is -0.132. The lowest BCUT2D eigenvalue weighted by Gasteiger charge is -2.24. The number of hydrogen-bond acceptors (Lipinski definition) is 6. The van der Waals surface area contributed by atoms with Gasteiger partial charge in [-0.25, -0.2) is 4.98 Å². The van der Waals surface area contributed by atoms with E-state index >= 15 is 0 Å². The third-order valence-corrected chi connectivity index (χ3v) is 5.89. The van der Waals surface area contributed by atoms with Crippen LogP contribution in [0.15, 0.2) is 48.5 Å². The number of hydrogen-bond donors (Lipinski definition) is 0. The van der Waals surface area contributed by atoms with E-state index in [-0.39, 0.29) is 12.0 Å². The van der Waals surface area contributed by atoms with Gasteiger partial charge in [-0.3, -0.25) is 9.69 Å². The minimum absolute atomic E-state index is 0.0209. The van der Waals surface area contributed by atoms with E-state index in [4.69, 9.17) is 19.2 Å². The fourth-order valence-corrected chi connectivity index (χ4v) is 4.34. The summed E-state index contributed by atoms with van der Waals surface area (Å²) in [6.07, 6.45) is 1.98. The van der Waals surface area contributed by atoms with Crippen molar-refractivity contribution in [2.24, 2.45) is 0 Å². The quantitative estimate of drug-likeness (QED) is 0.520. The molecule has 1 atom stereocenters. The molecule has 7 heteroatoms. The monoisotopic (exact) mass is 412 g/mol. The molecule has 1 aliphatic rings. The van der Waals surface area contributed by atoms with Gasteiger partial charge in [0.05, 0.1) is 35.0 Å². The number of ether oxygens (including phenoxy) is 3. The summed E-state index contributed by atoms with van der Waals surface area (Å²) >= 11 is 1.52. The molecule has 0 spiro atoms. The lowest BCUT2D eigenvalue weighted by atomic mass is 10.1. The van der Waals surface area contributed by atoms with Crippen LogP contribution in [0.25, 0.3) is 10.2 Å². The summed E-state index contributed by atoms with van der Waals surface area (Å²) in [6, 6.07) is 15.2. The van der Waals surface area contributed by atoms with Gasteiger partial charge in [-0.15, -0.1) is 0 Å². The molecule has 2 aromatic carbocycles. The van der Waals surface area contributed by atoms with Crippen LogP contribution in [0.4, 0.5) is 5.13 Å². The zero-order valence-corrected chi connectivity index (χ0v) is 17.2. The molecule has 1 unspecified atom stereocenters. The molecule has 1 amide bonds. The average molecular weight is 413 g/mol. The number of carbonyl (C=O) groups excluding carboxylic acids is 1. The number of anilines is 1. The Bertz CT molecular complexity index is 935. The molecule has 3 aromatic rings. The Hall–Kier alpha value is -2.48. The highest BCUT2D eigenvalue weighted by Crippen LogP contribution is 2.32. The maximum Gasteiger partial charge on any atom is 0.263 e. The summed E-state index contributed by atoms with van der Waals surface area (Å²) in [5.74, 6) is 0.417. The van der Waals surface area contributed by atoms with Crippen LogP contribution < -0.4 is 9.64 Å². The van der Waals surface area contributed by atoms with Crippen LogP contribution >= 0.6 is 11.3 Å². The third kappa shape index (κ3) is 4.58. The smallest absolute Gasteiger partial charge is 0.263 e. The second kappa shape index (κ2) is 9.35. The zero-order valence-electron chi connectivity index (χ0n) is 16.4. The molecule has 1 saturated heterocycles. The lowest BCUT2D eigenvalue weighted by Crippen LogP contribution is -2.37. The highest BCUT2D eigenvalue weighted by molar-refractivity contribution is 7.22. The van der Waals surface area contributed by atoms with E-state index in [9.17, 15) is 4.79 Å². The van der Waals surface area contributed by atoms with E-state index in [2.05, 4.69) is 0 Å². The van der Waals surface area contributed by atoms with Gasteiger partial charge in [0.2, 0.25) is 0 Å². The number of methoxy groups -OCH3 is 1. The number of carbonyl (C=O) groups is 1. The van der Waals surface area contributed by atoms with Gasteiger partial charge in [0, 0.05) is 13.7 Å². The fraction of sp³-hybridized carbons (Fsp3) is 0.364. The SMILES string of the molecule is COCCOc1ccccc1C(=O)N(CC1CCCO1)c1nc2ccccc2s1. The van der Waals surface area contributed by atoms with Gasteiger partial charge in [-0.2, -0.15) is 0 Å². The molecular formula is C22H24N2O4S. The van der Waals surface area contributed by atoms with Crippen molar-refractivity contribution in [1.82, 2.24) is 4.98 Å². The van der Waals surface area contributed by atoms with Crippen molar-refractivity contribution in [2.75, 3.05) is 38.4 Å². The second-order valence-corrected chi connectivity index (χ2v) is 7.86. The molecule has 1 aliphatic heterocycles. The molecule has 0 N–H and O–H groups in total. The Balaban J connectivity index is 1.66. The maximum absolute atomic E-state index is 13.6. The van der Waals surface area contributed by atoms with Crippen LogP contribution in [0.2, 0.25) is 0 Å². The predicted molar refractivity (Wildman–Crippen MR) is 114 cm³/mol. The summed E-state index contributed by atoms with van der Waals surface area (Å²) < 4.78 is 17.7. The minimum Gasteiger partial charge on any atom is -0.490 e. The molecule has 152 valence electrons. The number of amides is 1. The van der Waals surface area contributed by atoms with Crippen molar-refractivity contribution in [3.63, 3.8) is 0 Å². The van der Waals surface area contributed by atoms with E-state index in [1.807, 2.05) is 42.5 Å². The summed E-state index contributed by atoms with van der Waals surface area (Å²) in [7, 11) is 1.62. The molecule has 0 saturated carbocycles. The number of fused-ring (bicyclic) bond motifs is 1. The largest absolute Gasteiger partial charge is 0.490 e. The van der Waals surface area contributed by atoms with E-state index in [1.165, 1.54) is 11.3 Å². The highest BCUT2D eigenvalue weighted by Gasteiger charge is 2.28. The van der Waals surface area contributed by atoms with Gasteiger partial charge in [0.25, 0.3) is 5.91 Å². The van der Waals surface area contributed by atoms with E-state index in [1.54, 1.807) is 18.1 Å². The van der Waals surface area contributed by atoms with Gasteiger partial charge in [-0.1, -0.05) is 35.6 Å². The lowest BCUT2D eigenvalue weighted by molar-refractivity contribution is 0.0911. The van der Waals surface area contributed by atoms with Crippen LogP contribution in [-0.2, 0) is 9.47 Å². The molecule has 1 aromatic heterocycles. The molecule has 2 heterocycles. The van der Waals surface area contributed by atoms with Gasteiger partial charge >= 0.3 is 0 Å². The van der Waals surface area contributed by atoms with Gasteiger partial charge < -0.3 is 14.2 Å². The van der Waals surface area contributed by atoms with Crippen molar-refractivity contribution in [1.29, 1.82) is 0 Å². The average Bonchev–Trinajstić information content (AvgIpc) is 3.41. The van der Waals surface area contributed by atoms with Gasteiger partial charge in [-0.05, 0) is 37.1 Å². The topological polar surface area (TPSA) is 60.9 Å². The molecular weight excluding hydrogens is 388 g/mol. The molecule has 4 rings (SSSR count). The summed E-state index contributed by atoms with van der Waals surface area (Å²) in [5, 5.41) is 0.679. The number of para-hydroxylation sites is 2. The summed E-state index contributed by atoms with van der Waals surface area (Å²) in [4.78, 5) is 20.0. The second-order valence-electron chi connectivity index (χ2n) is 6.85. The molecule has 29 heavy (non-hydrogen) atoms. The molecule has 6 nitrogen and oxygen atoms in total. The number of nitrogens with zero attached hydrogens (tertiary/aromatic N) is 2. The van der Waals surface area contributed by atoms with Crippen LogP contribution in [0, 0.1) is 0 Å². The summed E-state index contributed by atoms with van der Waals surface area (Å²) in [6.45, 7) is 2.06. The van der Waals surface area contributed by atoms with Gasteiger partial charge in [0.1, 0.15) is 12.4 Å². The Morgan fingerprint density at radius 1 is 1.21 bits per heavy atom. The van der Waals surface area contributed by atoms with Crippen molar-refractivity contribution in [3.05, 3.63) is 54.1 Å². The van der Waals surface area contributed by atoms with Crippen molar-refractivity contribution in [2.45, 2.75) is 18.9 Å². The first kappa shape index (κ1) is 19.8. The van der Waals surface area contributed by atoms with Crippen molar-refractivity contribution in [3.8, 4) is 5.75 Å². The van der Waals surface area contributed by atoms with Crippen LogP contribution in [0.1, 0.15) is 23.2 Å². The normalized spacial score (nSPS) is 16.2. The number of aromatic nitrogens is 1. The first-order valence-corrected chi connectivity index (χ1v) is 10.6. The van der Waals surface area contributed by atoms with Crippen molar-refractivity contribution >= 4 is 32.6 Å². The predicted octanol–water partition coefficient (Wildman–Crippen LogP) is 4.15. The first-order valence-electron chi connectivity index (χ1n) is 9.76. The highest BCUT2D eigenvalue weighted by atomic mass is 32.1. The molecule has 0 bridgehead atoms. The van der Waals surface area contributed by atoms with Crippen LogP contribution in [-0.4, -0.2) is 50.5 Å². The Morgan fingerprint density at radius 2 is 2.03 bits per heavy atom. The van der Waals surface area contributed by atoms with E-state index in [0.29, 0.717) is 36.2 Å². The van der Waals surface area contributed by atoms with Crippen LogP contribution in [0.3, 0.4) is 0 Å². The van der Waals surface area contributed by atoms with E-state index < -0.39 is 0 Å². The molecule has 0 radical (unpaired) electrons. The maximum atomic E-state index is 13.6. The molecule has 0 aliphatic carbocycles. The van der Waals surface area contributed by atoms with Gasteiger partial charge in [0.15, 0.2) is 5.13 Å². The van der Waals surface area contributed by atoms with Crippen LogP contribution in [0.5, 0.6) is 5.75 Å². The first-order chi connectivity index (χ1) is 14.3. The zero-order chi connectivity index (χ0) is 20.1. The number of benzene rings is 2. The van der Waals surface area contributed by atoms with Crippen molar-refractivity contribution < 1.29 is 19.0 Å². The Morgan fingerprint density at radius 3 is 2.83 bits per heavy atom. The number of rotatable bonds is 8.